The number of anilines is 1. The number of carbonyl (C=O) groups excluding carboxylic acids is 1. The molecule has 2 amide bonds. The maximum absolute atomic E-state index is 13.7. The molecule has 1 aliphatic heterocycles. The molecule has 0 aliphatic carbocycles. The van der Waals surface area contributed by atoms with E-state index in [0.717, 1.165) is 31.6 Å². The predicted octanol–water partition coefficient (Wildman–Crippen LogP) is 2.92. The van der Waals surface area contributed by atoms with Crippen LogP contribution >= 0.6 is 0 Å². The third kappa shape index (κ3) is 3.90. The number of hydrogen-bond acceptors (Lipinski definition) is 3. The molecule has 1 N–H and O–H groups in total. The number of likely N-dealkylation sites (tertiary alicyclic amines) is 1. The number of halogens is 2. The number of nitrogens with zero attached hydrogens (tertiary/aromatic N) is 2. The summed E-state index contributed by atoms with van der Waals surface area (Å²) in [4.78, 5) is 16.2. The summed E-state index contributed by atoms with van der Waals surface area (Å²) in [7, 11) is 1.19. The Morgan fingerprint density at radius 1 is 1.35 bits per heavy atom. The van der Waals surface area contributed by atoms with Crippen LogP contribution in [0.5, 0.6) is 5.75 Å². The van der Waals surface area contributed by atoms with Crippen LogP contribution in [0.25, 0.3) is 0 Å². The van der Waals surface area contributed by atoms with Crippen molar-refractivity contribution < 1.29 is 18.3 Å². The first-order chi connectivity index (χ1) is 11.0. The van der Waals surface area contributed by atoms with Gasteiger partial charge in [-0.25, -0.2) is 13.6 Å². The van der Waals surface area contributed by atoms with Crippen LogP contribution in [0, 0.1) is 11.6 Å². The van der Waals surface area contributed by atoms with Crippen LogP contribution in [0.3, 0.4) is 0 Å². The van der Waals surface area contributed by atoms with E-state index in [1.165, 1.54) is 7.11 Å². The van der Waals surface area contributed by atoms with E-state index in [4.69, 9.17) is 0 Å². The summed E-state index contributed by atoms with van der Waals surface area (Å²) in [6.45, 7) is 7.31. The number of methoxy groups -OCH3 is 1. The zero-order valence-electron chi connectivity index (χ0n) is 13.7. The summed E-state index contributed by atoms with van der Waals surface area (Å²) >= 11 is 0. The number of ether oxygens (including phenoxy) is 1. The maximum atomic E-state index is 13.7. The molecule has 23 heavy (non-hydrogen) atoms. The van der Waals surface area contributed by atoms with Crippen LogP contribution in [0.1, 0.15) is 20.3 Å². The molecule has 7 heteroatoms. The van der Waals surface area contributed by atoms with Crippen molar-refractivity contribution in [1.82, 2.24) is 9.80 Å². The van der Waals surface area contributed by atoms with Crippen molar-refractivity contribution >= 4 is 11.7 Å². The van der Waals surface area contributed by atoms with Crippen molar-refractivity contribution in [2.75, 3.05) is 38.6 Å². The lowest BCUT2D eigenvalue weighted by molar-refractivity contribution is 0.202. The molecule has 0 radical (unpaired) electrons. The van der Waals surface area contributed by atoms with Gasteiger partial charge in [0.05, 0.1) is 7.11 Å². The maximum Gasteiger partial charge on any atom is 0.321 e. The van der Waals surface area contributed by atoms with Gasteiger partial charge in [-0.3, -0.25) is 4.90 Å². The Hall–Kier alpha value is -1.89. The first kappa shape index (κ1) is 17.5. The van der Waals surface area contributed by atoms with E-state index in [1.807, 2.05) is 0 Å². The molecular formula is C16H23F2N3O2. The average molecular weight is 327 g/mol. The van der Waals surface area contributed by atoms with Crippen LogP contribution in [-0.4, -0.2) is 55.2 Å². The van der Waals surface area contributed by atoms with Gasteiger partial charge in [0.15, 0.2) is 17.4 Å². The lowest BCUT2D eigenvalue weighted by Crippen LogP contribution is -2.39. The van der Waals surface area contributed by atoms with Gasteiger partial charge in [0.25, 0.3) is 0 Å². The van der Waals surface area contributed by atoms with Gasteiger partial charge in [0.1, 0.15) is 0 Å². The molecule has 1 atom stereocenters. The molecular weight excluding hydrogens is 304 g/mol. The molecule has 1 heterocycles. The second kappa shape index (κ2) is 7.59. The van der Waals surface area contributed by atoms with Gasteiger partial charge in [0.2, 0.25) is 0 Å². The minimum Gasteiger partial charge on any atom is -0.491 e. The molecule has 1 saturated heterocycles. The summed E-state index contributed by atoms with van der Waals surface area (Å²) in [5.74, 6) is -2.14. The second-order valence-corrected chi connectivity index (χ2v) is 5.51. The number of hydrogen-bond donors (Lipinski definition) is 1. The first-order valence-corrected chi connectivity index (χ1v) is 7.83. The Balaban J connectivity index is 2.00. The van der Waals surface area contributed by atoms with Crippen LogP contribution in [0.15, 0.2) is 12.1 Å². The molecule has 1 aromatic rings. The fourth-order valence-electron chi connectivity index (χ4n) is 2.99. The van der Waals surface area contributed by atoms with Gasteiger partial charge in [0, 0.05) is 37.0 Å². The summed E-state index contributed by atoms with van der Waals surface area (Å²) in [5.41, 5.74) is 0.0806. The van der Waals surface area contributed by atoms with E-state index in [1.54, 1.807) is 4.90 Å². The van der Waals surface area contributed by atoms with E-state index in [-0.39, 0.29) is 11.7 Å². The smallest absolute Gasteiger partial charge is 0.321 e. The van der Waals surface area contributed by atoms with Gasteiger partial charge < -0.3 is 15.0 Å². The fourth-order valence-corrected chi connectivity index (χ4v) is 2.99. The number of rotatable bonds is 5. The standard InChI is InChI=1S/C16H23F2N3O2/c1-4-20(5-2)12-6-7-21(10-12)16(22)19-11-8-13(17)15(23-3)14(18)9-11/h8-9,12H,4-7,10H2,1-3H3,(H,19,22)/t12-/m0/s1. The van der Waals surface area contributed by atoms with Gasteiger partial charge in [-0.05, 0) is 19.5 Å². The number of amides is 2. The molecule has 1 aromatic carbocycles. The number of benzene rings is 1. The van der Waals surface area contributed by atoms with E-state index >= 15 is 0 Å². The summed E-state index contributed by atoms with van der Waals surface area (Å²) in [6.07, 6.45) is 0.903. The Bertz CT molecular complexity index is 541. The number of likely N-dealkylation sites (N-methyl/N-ethyl adjacent to an activating group) is 1. The van der Waals surface area contributed by atoms with Crippen molar-refractivity contribution in [2.45, 2.75) is 26.3 Å². The Labute approximate surface area is 135 Å². The lowest BCUT2D eigenvalue weighted by Gasteiger charge is -2.26. The van der Waals surface area contributed by atoms with Crippen LogP contribution in [0.4, 0.5) is 19.3 Å². The topological polar surface area (TPSA) is 44.8 Å². The minimum absolute atomic E-state index is 0.0806. The highest BCUT2D eigenvalue weighted by molar-refractivity contribution is 5.89. The summed E-state index contributed by atoms with van der Waals surface area (Å²) in [5, 5.41) is 2.55. The number of nitrogens with one attached hydrogen (secondary N) is 1. The first-order valence-electron chi connectivity index (χ1n) is 7.83. The number of carbonyl (C=O) groups is 1. The zero-order valence-corrected chi connectivity index (χ0v) is 13.7. The quantitative estimate of drug-likeness (QED) is 0.904. The van der Waals surface area contributed by atoms with Gasteiger partial charge in [-0.1, -0.05) is 13.8 Å². The third-order valence-corrected chi connectivity index (χ3v) is 4.23. The lowest BCUT2D eigenvalue weighted by atomic mass is 10.2. The molecule has 0 unspecified atom stereocenters. The predicted molar refractivity (Wildman–Crippen MR) is 84.8 cm³/mol. The zero-order chi connectivity index (χ0) is 17.0. The van der Waals surface area contributed by atoms with Gasteiger partial charge in [-0.15, -0.1) is 0 Å². The molecule has 5 nitrogen and oxygen atoms in total. The van der Waals surface area contributed by atoms with Gasteiger partial charge in [-0.2, -0.15) is 0 Å². The Morgan fingerprint density at radius 2 is 1.96 bits per heavy atom. The largest absolute Gasteiger partial charge is 0.491 e. The van der Waals surface area contributed by atoms with E-state index in [9.17, 15) is 13.6 Å². The molecule has 0 saturated carbocycles. The molecule has 2 rings (SSSR count). The highest BCUT2D eigenvalue weighted by Crippen LogP contribution is 2.26. The molecule has 128 valence electrons. The summed E-state index contributed by atoms with van der Waals surface area (Å²) in [6, 6.07) is 2.10. The molecule has 1 aliphatic rings. The molecule has 0 bridgehead atoms. The SMILES string of the molecule is CCN(CC)[C@H]1CCN(C(=O)Nc2cc(F)c(OC)c(F)c2)C1. The third-order valence-electron chi connectivity index (χ3n) is 4.23. The van der Waals surface area contributed by atoms with E-state index < -0.39 is 17.4 Å². The average Bonchev–Trinajstić information content (AvgIpc) is 2.98. The fraction of sp³-hybridized carbons (Fsp3) is 0.562. The van der Waals surface area contributed by atoms with Crippen LogP contribution < -0.4 is 10.1 Å². The van der Waals surface area contributed by atoms with E-state index in [0.29, 0.717) is 19.1 Å². The molecule has 0 aromatic heterocycles. The van der Waals surface area contributed by atoms with Crippen molar-refractivity contribution in [3.8, 4) is 5.75 Å². The normalized spacial score (nSPS) is 17.7. The minimum atomic E-state index is -0.842. The van der Waals surface area contributed by atoms with Crippen molar-refractivity contribution in [3.63, 3.8) is 0 Å². The van der Waals surface area contributed by atoms with Crippen molar-refractivity contribution in [1.29, 1.82) is 0 Å². The van der Waals surface area contributed by atoms with Gasteiger partial charge >= 0.3 is 6.03 Å². The number of urea groups is 1. The Kier molecular flexibility index (Phi) is 5.76. The highest BCUT2D eigenvalue weighted by atomic mass is 19.1. The van der Waals surface area contributed by atoms with Crippen molar-refractivity contribution in [3.05, 3.63) is 23.8 Å². The summed E-state index contributed by atoms with van der Waals surface area (Å²) < 4.78 is 31.9. The second-order valence-electron chi connectivity index (χ2n) is 5.51. The van der Waals surface area contributed by atoms with Crippen LogP contribution in [0.2, 0.25) is 0 Å². The van der Waals surface area contributed by atoms with Crippen molar-refractivity contribution in [2.24, 2.45) is 0 Å². The monoisotopic (exact) mass is 327 g/mol. The van der Waals surface area contributed by atoms with E-state index in [2.05, 4.69) is 28.8 Å². The highest BCUT2D eigenvalue weighted by Gasteiger charge is 2.29. The Morgan fingerprint density at radius 3 is 2.48 bits per heavy atom. The van der Waals surface area contributed by atoms with Crippen LogP contribution in [-0.2, 0) is 0 Å². The molecule has 1 fully saturated rings. The molecule has 0 spiro atoms.